The van der Waals surface area contributed by atoms with Crippen molar-refractivity contribution in [3.8, 4) is 0 Å². The Morgan fingerprint density at radius 2 is 1.57 bits per heavy atom. The highest BCUT2D eigenvalue weighted by molar-refractivity contribution is 8.01. The Morgan fingerprint density at radius 1 is 1.10 bits per heavy atom. The molecular weight excluding hydrogens is 278 g/mol. The summed E-state index contributed by atoms with van der Waals surface area (Å²) in [5.41, 5.74) is 3.45. The third-order valence-corrected chi connectivity index (χ3v) is 4.55. The van der Waals surface area contributed by atoms with Crippen molar-refractivity contribution in [2.75, 3.05) is 11.1 Å². The van der Waals surface area contributed by atoms with Crippen molar-refractivity contribution in [1.29, 1.82) is 0 Å². The van der Waals surface area contributed by atoms with Crippen LogP contribution < -0.4 is 5.32 Å². The van der Waals surface area contributed by atoms with Gasteiger partial charge in [0, 0.05) is 10.4 Å². The van der Waals surface area contributed by atoms with E-state index in [1.54, 1.807) is 11.8 Å². The number of carbonyl (C=O) groups is 1. The first-order chi connectivity index (χ1) is 9.61. The Labute approximate surface area is 134 Å². The number of benzene rings is 1. The topological polar surface area (TPSA) is 29.1 Å². The van der Waals surface area contributed by atoms with Crippen LogP contribution in [0.3, 0.4) is 0 Å². The van der Waals surface area contributed by atoms with E-state index >= 15 is 0 Å². The summed E-state index contributed by atoms with van der Waals surface area (Å²) in [5, 5.41) is 3.15. The van der Waals surface area contributed by atoms with E-state index in [0.717, 1.165) is 5.69 Å². The molecule has 0 heterocycles. The zero-order valence-corrected chi connectivity index (χ0v) is 15.2. The lowest BCUT2D eigenvalue weighted by Gasteiger charge is -2.21. The van der Waals surface area contributed by atoms with Crippen LogP contribution in [0.1, 0.15) is 71.4 Å². The molecule has 1 N–H and O–H groups in total. The molecule has 118 valence electrons. The molecule has 3 heteroatoms. The Bertz CT molecular complexity index is 460. The summed E-state index contributed by atoms with van der Waals surface area (Å²) in [6.07, 6.45) is 0. The minimum atomic E-state index is 0.0879. The summed E-state index contributed by atoms with van der Waals surface area (Å²) < 4.78 is 0.107. The third kappa shape index (κ3) is 5.74. The van der Waals surface area contributed by atoms with E-state index in [1.807, 2.05) is 0 Å². The first kappa shape index (κ1) is 18.1. The monoisotopic (exact) mass is 307 g/mol. The second-order valence-electron chi connectivity index (χ2n) is 7.07. The van der Waals surface area contributed by atoms with Gasteiger partial charge in [0.1, 0.15) is 0 Å². The first-order valence-electron chi connectivity index (χ1n) is 7.68. The van der Waals surface area contributed by atoms with Gasteiger partial charge in [-0.2, -0.15) is 0 Å². The number of anilines is 1. The molecule has 1 amide bonds. The average Bonchev–Trinajstić information content (AvgIpc) is 2.35. The number of hydrogen-bond donors (Lipinski definition) is 1. The van der Waals surface area contributed by atoms with E-state index in [-0.39, 0.29) is 10.7 Å². The van der Waals surface area contributed by atoms with Crippen LogP contribution in [0.5, 0.6) is 0 Å². The Morgan fingerprint density at radius 3 is 1.95 bits per heavy atom. The molecule has 0 aliphatic heterocycles. The van der Waals surface area contributed by atoms with Crippen LogP contribution in [-0.4, -0.2) is 16.4 Å². The van der Waals surface area contributed by atoms with Crippen molar-refractivity contribution < 1.29 is 4.79 Å². The van der Waals surface area contributed by atoms with E-state index in [0.29, 0.717) is 17.6 Å². The van der Waals surface area contributed by atoms with Crippen LogP contribution in [0, 0.1) is 0 Å². The SMILES string of the molecule is CC(C)c1cccc(C(C)C)c1NC(=O)CSC(C)(C)C. The van der Waals surface area contributed by atoms with Crippen molar-refractivity contribution in [2.24, 2.45) is 0 Å². The van der Waals surface area contributed by atoms with Crippen molar-refractivity contribution in [2.45, 2.75) is 65.0 Å². The van der Waals surface area contributed by atoms with Crippen molar-refractivity contribution in [3.63, 3.8) is 0 Å². The highest BCUT2D eigenvalue weighted by atomic mass is 32.2. The molecule has 0 aliphatic carbocycles. The fraction of sp³-hybridized carbons (Fsp3) is 0.611. The molecule has 0 radical (unpaired) electrons. The molecule has 0 spiro atoms. The number of hydrogen-bond acceptors (Lipinski definition) is 2. The molecule has 0 atom stereocenters. The molecular formula is C18H29NOS. The molecule has 0 fully saturated rings. The highest BCUT2D eigenvalue weighted by Crippen LogP contribution is 2.32. The fourth-order valence-corrected chi connectivity index (χ4v) is 2.79. The van der Waals surface area contributed by atoms with Gasteiger partial charge in [-0.05, 0) is 23.0 Å². The number of nitrogens with one attached hydrogen (secondary N) is 1. The van der Waals surface area contributed by atoms with Crippen LogP contribution in [0.15, 0.2) is 18.2 Å². The van der Waals surface area contributed by atoms with E-state index in [4.69, 9.17) is 0 Å². The number of thioether (sulfide) groups is 1. The van der Waals surface area contributed by atoms with Gasteiger partial charge in [0.2, 0.25) is 5.91 Å². The van der Waals surface area contributed by atoms with Gasteiger partial charge >= 0.3 is 0 Å². The van der Waals surface area contributed by atoms with Gasteiger partial charge in [-0.1, -0.05) is 66.7 Å². The van der Waals surface area contributed by atoms with E-state index in [9.17, 15) is 4.79 Å². The Kier molecular flexibility index (Phi) is 6.33. The van der Waals surface area contributed by atoms with Crippen molar-refractivity contribution in [3.05, 3.63) is 29.3 Å². The average molecular weight is 308 g/mol. The summed E-state index contributed by atoms with van der Waals surface area (Å²) in [6, 6.07) is 6.32. The summed E-state index contributed by atoms with van der Waals surface area (Å²) >= 11 is 1.68. The van der Waals surface area contributed by atoms with E-state index in [1.165, 1.54) is 11.1 Å². The standard InChI is InChI=1S/C18H29NOS/c1-12(2)14-9-8-10-15(13(3)4)17(14)19-16(20)11-21-18(5,6)7/h8-10,12-13H,11H2,1-7H3,(H,19,20). The second-order valence-corrected chi connectivity index (χ2v) is 8.87. The van der Waals surface area contributed by atoms with Gasteiger partial charge in [0.25, 0.3) is 0 Å². The Balaban J connectivity index is 2.97. The summed E-state index contributed by atoms with van der Waals surface area (Å²) in [7, 11) is 0. The lowest BCUT2D eigenvalue weighted by atomic mass is 9.92. The quantitative estimate of drug-likeness (QED) is 0.788. The summed E-state index contributed by atoms with van der Waals surface area (Å²) in [4.78, 5) is 12.3. The molecule has 0 aliphatic rings. The minimum absolute atomic E-state index is 0.0879. The maximum Gasteiger partial charge on any atom is 0.234 e. The zero-order valence-electron chi connectivity index (χ0n) is 14.4. The number of para-hydroxylation sites is 1. The highest BCUT2D eigenvalue weighted by Gasteiger charge is 2.18. The molecule has 1 aromatic carbocycles. The third-order valence-electron chi connectivity index (χ3n) is 3.27. The molecule has 0 saturated carbocycles. The number of carbonyl (C=O) groups excluding carboxylic acids is 1. The fourth-order valence-electron chi connectivity index (χ4n) is 2.15. The molecule has 0 aromatic heterocycles. The molecule has 0 bridgehead atoms. The molecule has 1 rings (SSSR count). The maximum atomic E-state index is 12.3. The smallest absolute Gasteiger partial charge is 0.234 e. The minimum Gasteiger partial charge on any atom is -0.325 e. The second kappa shape index (κ2) is 7.35. The van der Waals surface area contributed by atoms with Crippen LogP contribution >= 0.6 is 11.8 Å². The van der Waals surface area contributed by atoms with Crippen LogP contribution in [-0.2, 0) is 4.79 Å². The van der Waals surface area contributed by atoms with E-state index < -0.39 is 0 Å². The van der Waals surface area contributed by atoms with Crippen molar-refractivity contribution in [1.82, 2.24) is 0 Å². The predicted molar refractivity (Wildman–Crippen MR) is 95.5 cm³/mol. The van der Waals surface area contributed by atoms with Gasteiger partial charge in [-0.3, -0.25) is 4.79 Å². The largest absolute Gasteiger partial charge is 0.325 e. The van der Waals surface area contributed by atoms with Crippen LogP contribution in [0.2, 0.25) is 0 Å². The van der Waals surface area contributed by atoms with Crippen molar-refractivity contribution >= 4 is 23.4 Å². The molecule has 1 aromatic rings. The van der Waals surface area contributed by atoms with Gasteiger partial charge in [0.15, 0.2) is 0 Å². The molecule has 21 heavy (non-hydrogen) atoms. The molecule has 0 unspecified atom stereocenters. The first-order valence-corrected chi connectivity index (χ1v) is 8.67. The molecule has 0 saturated heterocycles. The van der Waals surface area contributed by atoms with E-state index in [2.05, 4.69) is 72.0 Å². The maximum absolute atomic E-state index is 12.3. The lowest BCUT2D eigenvalue weighted by Crippen LogP contribution is -2.20. The predicted octanol–water partition coefficient (Wildman–Crippen LogP) is 5.40. The summed E-state index contributed by atoms with van der Waals surface area (Å²) in [6.45, 7) is 15.1. The van der Waals surface area contributed by atoms with Gasteiger partial charge in [0.05, 0.1) is 5.75 Å². The summed E-state index contributed by atoms with van der Waals surface area (Å²) in [5.74, 6) is 1.38. The number of amides is 1. The number of rotatable bonds is 5. The zero-order chi connectivity index (χ0) is 16.2. The van der Waals surface area contributed by atoms with Crippen LogP contribution in [0.25, 0.3) is 0 Å². The van der Waals surface area contributed by atoms with Gasteiger partial charge < -0.3 is 5.32 Å². The molecule has 2 nitrogen and oxygen atoms in total. The van der Waals surface area contributed by atoms with Crippen LogP contribution in [0.4, 0.5) is 5.69 Å². The van der Waals surface area contributed by atoms with Gasteiger partial charge in [-0.15, -0.1) is 11.8 Å². The van der Waals surface area contributed by atoms with Gasteiger partial charge in [-0.25, -0.2) is 0 Å². The normalized spacial score (nSPS) is 12.0. The Hall–Kier alpha value is -0.960. The lowest BCUT2D eigenvalue weighted by molar-refractivity contribution is -0.113.